The first-order valence-electron chi connectivity index (χ1n) is 4.21. The van der Waals surface area contributed by atoms with Crippen LogP contribution in [-0.4, -0.2) is 12.6 Å². The number of allylic oxidation sites excluding steroid dienone is 2. The van der Waals surface area contributed by atoms with E-state index >= 15 is 0 Å². The molecular weight excluding hydrogens is 140 g/mol. The average molecular weight is 150 g/mol. The third-order valence-electron chi connectivity index (χ3n) is 3.31. The van der Waals surface area contributed by atoms with Crippen molar-refractivity contribution in [3.8, 4) is 0 Å². The largest absolute Gasteiger partial charge is 0.465 e. The molecule has 2 nitrogen and oxygen atoms in total. The van der Waals surface area contributed by atoms with Crippen molar-refractivity contribution in [1.82, 2.24) is 0 Å². The number of hydrogen-bond donors (Lipinski definition) is 0. The van der Waals surface area contributed by atoms with E-state index in [9.17, 15) is 4.79 Å². The molecule has 0 aromatic carbocycles. The van der Waals surface area contributed by atoms with Gasteiger partial charge in [-0.3, -0.25) is 4.79 Å². The second-order valence-corrected chi connectivity index (χ2v) is 3.77. The van der Waals surface area contributed by atoms with Crippen LogP contribution in [0.15, 0.2) is 12.2 Å². The molecule has 2 heteroatoms. The number of hydrogen-bond acceptors (Lipinski definition) is 2. The highest BCUT2D eigenvalue weighted by molar-refractivity contribution is 5.76. The summed E-state index contributed by atoms with van der Waals surface area (Å²) in [5.74, 6) is 1.96. The van der Waals surface area contributed by atoms with E-state index in [0.717, 1.165) is 0 Å². The number of carbonyl (C=O) groups excluding carboxylic acids is 1. The molecule has 1 aliphatic heterocycles. The quantitative estimate of drug-likeness (QED) is 0.380. The lowest BCUT2D eigenvalue weighted by Gasteiger charge is -2.14. The van der Waals surface area contributed by atoms with Gasteiger partial charge >= 0.3 is 5.97 Å². The van der Waals surface area contributed by atoms with Crippen LogP contribution < -0.4 is 0 Å². The van der Waals surface area contributed by atoms with Crippen molar-refractivity contribution in [3.63, 3.8) is 0 Å². The van der Waals surface area contributed by atoms with Gasteiger partial charge in [-0.05, 0) is 18.3 Å². The predicted molar refractivity (Wildman–Crippen MR) is 38.7 cm³/mol. The molecule has 1 heterocycles. The summed E-state index contributed by atoms with van der Waals surface area (Å²) in [6.45, 7) is 0.676. The van der Waals surface area contributed by atoms with Gasteiger partial charge in [0.2, 0.25) is 0 Å². The first-order chi connectivity index (χ1) is 5.36. The maximum Gasteiger partial charge on any atom is 0.309 e. The molecular formula is C9H10O2. The molecule has 2 fully saturated rings. The molecule has 0 spiro atoms. The molecule has 1 saturated heterocycles. The van der Waals surface area contributed by atoms with Gasteiger partial charge < -0.3 is 4.74 Å². The Balaban J connectivity index is 2.03. The van der Waals surface area contributed by atoms with Crippen LogP contribution in [0.1, 0.15) is 6.42 Å². The molecule has 3 aliphatic rings. The van der Waals surface area contributed by atoms with Crippen molar-refractivity contribution >= 4 is 5.97 Å². The second-order valence-electron chi connectivity index (χ2n) is 3.77. The van der Waals surface area contributed by atoms with Crippen LogP contribution in [0.4, 0.5) is 0 Å². The van der Waals surface area contributed by atoms with Gasteiger partial charge in [-0.15, -0.1) is 0 Å². The van der Waals surface area contributed by atoms with Gasteiger partial charge in [0.25, 0.3) is 0 Å². The number of ether oxygens (including phenoxy) is 1. The van der Waals surface area contributed by atoms with Crippen molar-refractivity contribution in [2.75, 3.05) is 6.61 Å². The lowest BCUT2D eigenvalue weighted by Crippen LogP contribution is -2.19. The molecule has 0 N–H and O–H groups in total. The zero-order valence-corrected chi connectivity index (χ0v) is 6.19. The molecule has 1 saturated carbocycles. The molecule has 0 amide bonds. The van der Waals surface area contributed by atoms with Gasteiger partial charge in [0, 0.05) is 5.92 Å². The van der Waals surface area contributed by atoms with E-state index in [0.29, 0.717) is 24.4 Å². The Hall–Kier alpha value is -0.790. The van der Waals surface area contributed by atoms with Crippen LogP contribution in [0.3, 0.4) is 0 Å². The summed E-state index contributed by atoms with van der Waals surface area (Å²) in [4.78, 5) is 11.2. The minimum Gasteiger partial charge on any atom is -0.465 e. The molecule has 0 aromatic rings. The summed E-state index contributed by atoms with van der Waals surface area (Å²) in [6.07, 6.45) is 5.65. The Kier molecular flexibility index (Phi) is 0.888. The van der Waals surface area contributed by atoms with Gasteiger partial charge in [0.05, 0.1) is 12.5 Å². The lowest BCUT2D eigenvalue weighted by atomic mass is 9.86. The molecule has 0 radical (unpaired) electrons. The van der Waals surface area contributed by atoms with E-state index in [2.05, 4.69) is 12.2 Å². The number of esters is 1. The van der Waals surface area contributed by atoms with Crippen LogP contribution in [0.5, 0.6) is 0 Å². The molecule has 4 atom stereocenters. The predicted octanol–water partition coefficient (Wildman–Crippen LogP) is 0.982. The van der Waals surface area contributed by atoms with Crippen molar-refractivity contribution in [2.24, 2.45) is 23.7 Å². The van der Waals surface area contributed by atoms with Gasteiger partial charge in [-0.1, -0.05) is 12.2 Å². The monoisotopic (exact) mass is 150 g/mol. The minimum atomic E-state index is 0.0480. The van der Waals surface area contributed by atoms with Crippen molar-refractivity contribution in [3.05, 3.63) is 12.2 Å². The van der Waals surface area contributed by atoms with Gasteiger partial charge in [0.1, 0.15) is 0 Å². The average Bonchev–Trinajstić information content (AvgIpc) is 2.60. The highest BCUT2D eigenvalue weighted by atomic mass is 16.5. The first kappa shape index (κ1) is 5.81. The van der Waals surface area contributed by atoms with E-state index in [-0.39, 0.29) is 11.9 Å². The van der Waals surface area contributed by atoms with Gasteiger partial charge in [-0.25, -0.2) is 0 Å². The molecule has 2 bridgehead atoms. The van der Waals surface area contributed by atoms with Crippen molar-refractivity contribution in [1.29, 1.82) is 0 Å². The third-order valence-corrected chi connectivity index (χ3v) is 3.31. The van der Waals surface area contributed by atoms with Crippen LogP contribution in [-0.2, 0) is 9.53 Å². The molecule has 0 unspecified atom stereocenters. The molecule has 0 aromatic heterocycles. The topological polar surface area (TPSA) is 26.3 Å². The fourth-order valence-corrected chi connectivity index (χ4v) is 2.78. The summed E-state index contributed by atoms with van der Waals surface area (Å²) in [7, 11) is 0. The SMILES string of the molecule is O=C1OC[C@@H]2[C@H]1[C@@H]1C=C[C@H]2C1. The van der Waals surface area contributed by atoms with Crippen molar-refractivity contribution in [2.45, 2.75) is 6.42 Å². The van der Waals surface area contributed by atoms with E-state index in [1.807, 2.05) is 0 Å². The zero-order valence-electron chi connectivity index (χ0n) is 6.19. The minimum absolute atomic E-state index is 0.0480. The number of carbonyl (C=O) groups is 1. The lowest BCUT2D eigenvalue weighted by molar-refractivity contribution is -0.142. The smallest absolute Gasteiger partial charge is 0.309 e. The Morgan fingerprint density at radius 3 is 3.00 bits per heavy atom. The number of fused-ring (bicyclic) bond motifs is 5. The van der Waals surface area contributed by atoms with E-state index in [1.165, 1.54) is 6.42 Å². The van der Waals surface area contributed by atoms with E-state index in [4.69, 9.17) is 4.74 Å². The maximum absolute atomic E-state index is 11.2. The van der Waals surface area contributed by atoms with Crippen LogP contribution >= 0.6 is 0 Å². The summed E-state index contributed by atoms with van der Waals surface area (Å²) >= 11 is 0. The number of cyclic esters (lactones) is 1. The highest BCUT2D eigenvalue weighted by Gasteiger charge is 2.52. The van der Waals surface area contributed by atoms with Crippen molar-refractivity contribution < 1.29 is 9.53 Å². The Morgan fingerprint density at radius 2 is 2.18 bits per heavy atom. The number of rotatable bonds is 0. The van der Waals surface area contributed by atoms with Gasteiger partial charge in [-0.2, -0.15) is 0 Å². The van der Waals surface area contributed by atoms with E-state index in [1.54, 1.807) is 0 Å². The first-order valence-corrected chi connectivity index (χ1v) is 4.21. The third kappa shape index (κ3) is 0.561. The fraction of sp³-hybridized carbons (Fsp3) is 0.667. The molecule has 11 heavy (non-hydrogen) atoms. The van der Waals surface area contributed by atoms with Gasteiger partial charge in [0.15, 0.2) is 0 Å². The van der Waals surface area contributed by atoms with Crippen LogP contribution in [0.2, 0.25) is 0 Å². The normalized spacial score (nSPS) is 51.5. The maximum atomic E-state index is 11.2. The van der Waals surface area contributed by atoms with E-state index < -0.39 is 0 Å². The fourth-order valence-electron chi connectivity index (χ4n) is 2.78. The summed E-state index contributed by atoms with van der Waals surface area (Å²) in [6, 6.07) is 0. The summed E-state index contributed by atoms with van der Waals surface area (Å²) in [5, 5.41) is 0. The molecule has 2 aliphatic carbocycles. The standard InChI is InChI=1S/C9H10O2/c10-9-8-6-2-1-5(3-6)7(8)4-11-9/h1-2,5-8H,3-4H2/t5-,6+,7-,8+/m0/s1. The molecule has 58 valence electrons. The highest BCUT2D eigenvalue weighted by Crippen LogP contribution is 2.50. The summed E-state index contributed by atoms with van der Waals surface area (Å²) < 4.78 is 5.02. The zero-order chi connectivity index (χ0) is 7.42. The van der Waals surface area contributed by atoms with Crippen LogP contribution in [0, 0.1) is 23.7 Å². The Morgan fingerprint density at radius 1 is 1.36 bits per heavy atom. The summed E-state index contributed by atoms with van der Waals surface area (Å²) in [5.41, 5.74) is 0. The Bertz CT molecular complexity index is 244. The Labute approximate surface area is 65.2 Å². The second kappa shape index (κ2) is 1.68. The van der Waals surface area contributed by atoms with Crippen LogP contribution in [0.25, 0.3) is 0 Å². The molecule has 3 rings (SSSR count).